The van der Waals surface area contributed by atoms with Crippen molar-refractivity contribution in [1.29, 1.82) is 0 Å². The highest BCUT2D eigenvalue weighted by Gasteiger charge is 2.31. The van der Waals surface area contributed by atoms with Crippen molar-refractivity contribution >= 4 is 23.4 Å². The van der Waals surface area contributed by atoms with Gasteiger partial charge >= 0.3 is 0 Å². The number of unbranched alkanes of at least 4 members (excludes halogenated alkanes) is 1. The van der Waals surface area contributed by atoms with E-state index in [1.165, 1.54) is 17.0 Å². The molecular formula is C27H28ClFN2O3. The minimum Gasteiger partial charge on any atom is -0.482 e. The zero-order valence-electron chi connectivity index (χ0n) is 19.0. The number of para-hydroxylation sites is 1. The molecule has 0 aliphatic heterocycles. The summed E-state index contributed by atoms with van der Waals surface area (Å²) in [4.78, 5) is 28.2. The van der Waals surface area contributed by atoms with E-state index < -0.39 is 11.9 Å². The van der Waals surface area contributed by atoms with Crippen LogP contribution in [0.4, 0.5) is 4.39 Å². The molecule has 0 aromatic heterocycles. The fourth-order valence-electron chi connectivity index (χ4n) is 3.49. The molecule has 0 fully saturated rings. The Morgan fingerprint density at radius 3 is 2.35 bits per heavy atom. The lowest BCUT2D eigenvalue weighted by molar-refractivity contribution is -0.143. The number of rotatable bonds is 11. The summed E-state index contributed by atoms with van der Waals surface area (Å²) in [5.74, 6) is -0.680. The van der Waals surface area contributed by atoms with Gasteiger partial charge in [0.25, 0.3) is 5.91 Å². The molecule has 0 saturated heterocycles. The smallest absolute Gasteiger partial charge is 0.261 e. The highest BCUT2D eigenvalue weighted by Crippen LogP contribution is 2.26. The lowest BCUT2D eigenvalue weighted by atomic mass is 10.0. The van der Waals surface area contributed by atoms with Gasteiger partial charge in [-0.25, -0.2) is 4.39 Å². The maximum atomic E-state index is 13.5. The van der Waals surface area contributed by atoms with Gasteiger partial charge in [-0.3, -0.25) is 9.59 Å². The number of ether oxygens (including phenoxy) is 1. The summed E-state index contributed by atoms with van der Waals surface area (Å²) in [6.45, 7) is 2.34. The molecule has 2 amide bonds. The Morgan fingerprint density at radius 2 is 1.68 bits per heavy atom. The monoisotopic (exact) mass is 482 g/mol. The summed E-state index contributed by atoms with van der Waals surface area (Å²) in [5, 5.41) is 3.33. The zero-order valence-corrected chi connectivity index (χ0v) is 19.8. The molecule has 0 spiro atoms. The average molecular weight is 483 g/mol. The van der Waals surface area contributed by atoms with Gasteiger partial charge in [0.2, 0.25) is 5.91 Å². The molecule has 7 heteroatoms. The first-order valence-electron chi connectivity index (χ1n) is 11.2. The van der Waals surface area contributed by atoms with Gasteiger partial charge in [-0.15, -0.1) is 0 Å². The molecule has 1 atom stereocenters. The van der Waals surface area contributed by atoms with Gasteiger partial charge in [-0.05, 0) is 41.8 Å². The predicted octanol–water partition coefficient (Wildman–Crippen LogP) is 5.54. The average Bonchev–Trinajstić information content (AvgIpc) is 2.85. The fraction of sp³-hybridized carbons (Fsp3) is 0.259. The Morgan fingerprint density at radius 1 is 1.00 bits per heavy atom. The minimum atomic E-state index is -0.884. The van der Waals surface area contributed by atoms with Gasteiger partial charge in [0.1, 0.15) is 17.6 Å². The first kappa shape index (κ1) is 25.2. The predicted molar refractivity (Wildman–Crippen MR) is 131 cm³/mol. The van der Waals surface area contributed by atoms with Gasteiger partial charge in [0, 0.05) is 13.1 Å². The van der Waals surface area contributed by atoms with Crippen molar-refractivity contribution in [3.63, 3.8) is 0 Å². The Kier molecular flexibility index (Phi) is 9.47. The Bertz CT molecular complexity index is 1080. The minimum absolute atomic E-state index is 0.103. The van der Waals surface area contributed by atoms with E-state index in [0.29, 0.717) is 28.4 Å². The molecule has 0 heterocycles. The third kappa shape index (κ3) is 7.06. The van der Waals surface area contributed by atoms with Crippen LogP contribution in [0.3, 0.4) is 0 Å². The second-order valence-electron chi connectivity index (χ2n) is 7.83. The summed E-state index contributed by atoms with van der Waals surface area (Å²) < 4.78 is 19.2. The lowest BCUT2D eigenvalue weighted by Crippen LogP contribution is -2.45. The Hall–Kier alpha value is -3.38. The second kappa shape index (κ2) is 12.8. The number of carbonyl (C=O) groups excluding carboxylic acids is 2. The molecule has 178 valence electrons. The van der Waals surface area contributed by atoms with Crippen LogP contribution in [0.1, 0.15) is 36.9 Å². The number of halogens is 2. The normalized spacial score (nSPS) is 11.5. The van der Waals surface area contributed by atoms with Crippen LogP contribution in [0.5, 0.6) is 5.75 Å². The number of hydrogen-bond donors (Lipinski definition) is 1. The van der Waals surface area contributed by atoms with Crippen LogP contribution in [0, 0.1) is 5.82 Å². The topological polar surface area (TPSA) is 58.6 Å². The van der Waals surface area contributed by atoms with E-state index in [1.54, 1.807) is 36.4 Å². The van der Waals surface area contributed by atoms with Gasteiger partial charge in [-0.1, -0.05) is 79.5 Å². The molecular weight excluding hydrogens is 455 g/mol. The fourth-order valence-corrected chi connectivity index (χ4v) is 3.68. The molecule has 3 rings (SSSR count). The summed E-state index contributed by atoms with van der Waals surface area (Å²) in [6, 6.07) is 21.0. The van der Waals surface area contributed by atoms with E-state index in [9.17, 15) is 14.0 Å². The zero-order chi connectivity index (χ0) is 24.3. The number of amides is 2. The van der Waals surface area contributed by atoms with Crippen molar-refractivity contribution in [3.05, 3.63) is 101 Å². The molecule has 5 nitrogen and oxygen atoms in total. The second-order valence-corrected chi connectivity index (χ2v) is 8.23. The third-order valence-electron chi connectivity index (χ3n) is 5.28. The van der Waals surface area contributed by atoms with Gasteiger partial charge in [0.05, 0.1) is 5.02 Å². The first-order valence-corrected chi connectivity index (χ1v) is 11.6. The van der Waals surface area contributed by atoms with Gasteiger partial charge in [0.15, 0.2) is 6.61 Å². The summed E-state index contributed by atoms with van der Waals surface area (Å²) in [6.07, 6.45) is 1.76. The maximum Gasteiger partial charge on any atom is 0.261 e. The summed E-state index contributed by atoms with van der Waals surface area (Å²) in [5.41, 5.74) is 1.36. The molecule has 34 heavy (non-hydrogen) atoms. The highest BCUT2D eigenvalue weighted by atomic mass is 35.5. The maximum absolute atomic E-state index is 13.5. The van der Waals surface area contributed by atoms with Crippen LogP contribution in [0.2, 0.25) is 5.02 Å². The Balaban J connectivity index is 1.91. The van der Waals surface area contributed by atoms with Crippen LogP contribution in [0.15, 0.2) is 78.9 Å². The van der Waals surface area contributed by atoms with Crippen molar-refractivity contribution in [1.82, 2.24) is 10.2 Å². The Labute approximate surface area is 204 Å². The van der Waals surface area contributed by atoms with Crippen LogP contribution in [0.25, 0.3) is 0 Å². The molecule has 0 aliphatic rings. The number of hydrogen-bond acceptors (Lipinski definition) is 3. The van der Waals surface area contributed by atoms with E-state index in [-0.39, 0.29) is 24.9 Å². The third-order valence-corrected chi connectivity index (χ3v) is 5.59. The van der Waals surface area contributed by atoms with E-state index >= 15 is 0 Å². The molecule has 0 unspecified atom stereocenters. The van der Waals surface area contributed by atoms with Crippen LogP contribution in [-0.4, -0.2) is 29.9 Å². The van der Waals surface area contributed by atoms with E-state index in [1.807, 2.05) is 37.3 Å². The highest BCUT2D eigenvalue weighted by molar-refractivity contribution is 6.32. The van der Waals surface area contributed by atoms with Crippen molar-refractivity contribution in [2.45, 2.75) is 32.4 Å². The molecule has 3 aromatic carbocycles. The quantitative estimate of drug-likeness (QED) is 0.365. The number of nitrogens with zero attached hydrogens (tertiary/aromatic N) is 1. The first-order chi connectivity index (χ1) is 16.5. The largest absolute Gasteiger partial charge is 0.482 e. The van der Waals surface area contributed by atoms with Gasteiger partial charge < -0.3 is 15.0 Å². The van der Waals surface area contributed by atoms with Crippen LogP contribution in [-0.2, 0) is 16.1 Å². The molecule has 0 radical (unpaired) electrons. The number of nitrogens with one attached hydrogen (secondary N) is 1. The summed E-state index contributed by atoms with van der Waals surface area (Å²) in [7, 11) is 0. The standard InChI is InChI=1S/C27H28ClFN2O3/c1-2-3-17-30-27(33)26(21-9-5-4-6-10-21)31(18-20-13-15-22(29)16-14-20)25(32)19-34-24-12-8-7-11-23(24)28/h4-16,26H,2-3,17-19H2,1H3,(H,30,33)/t26-/m0/s1. The van der Waals surface area contributed by atoms with Crippen molar-refractivity contribution in [3.8, 4) is 5.75 Å². The van der Waals surface area contributed by atoms with Crippen LogP contribution < -0.4 is 10.1 Å². The van der Waals surface area contributed by atoms with E-state index in [0.717, 1.165) is 12.8 Å². The number of carbonyl (C=O) groups is 2. The van der Waals surface area contributed by atoms with E-state index in [4.69, 9.17) is 16.3 Å². The van der Waals surface area contributed by atoms with Crippen LogP contribution >= 0.6 is 11.6 Å². The van der Waals surface area contributed by atoms with Crippen molar-refractivity contribution < 1.29 is 18.7 Å². The lowest BCUT2D eigenvalue weighted by Gasteiger charge is -2.31. The number of benzene rings is 3. The molecule has 3 aromatic rings. The van der Waals surface area contributed by atoms with E-state index in [2.05, 4.69) is 5.32 Å². The molecule has 1 N–H and O–H groups in total. The SMILES string of the molecule is CCCCNC(=O)[C@H](c1ccccc1)N(Cc1ccc(F)cc1)C(=O)COc1ccccc1Cl. The molecule has 0 aliphatic carbocycles. The van der Waals surface area contributed by atoms with Crippen molar-refractivity contribution in [2.75, 3.05) is 13.2 Å². The molecule has 0 saturated carbocycles. The molecule has 0 bridgehead atoms. The van der Waals surface area contributed by atoms with Gasteiger partial charge in [-0.2, -0.15) is 0 Å². The summed E-state index contributed by atoms with van der Waals surface area (Å²) >= 11 is 6.16. The van der Waals surface area contributed by atoms with Crippen molar-refractivity contribution in [2.24, 2.45) is 0 Å².